The van der Waals surface area contributed by atoms with E-state index in [1.165, 1.54) is 25.9 Å². The molecule has 0 aromatic heterocycles. The van der Waals surface area contributed by atoms with Gasteiger partial charge in [-0.25, -0.2) is 0 Å². The van der Waals surface area contributed by atoms with Gasteiger partial charge in [0.25, 0.3) is 0 Å². The van der Waals surface area contributed by atoms with Crippen LogP contribution < -0.4 is 5.73 Å². The maximum atomic E-state index is 7.24. The smallest absolute Gasteiger partial charge is 0.0920 e. The van der Waals surface area contributed by atoms with Gasteiger partial charge >= 0.3 is 0 Å². The summed E-state index contributed by atoms with van der Waals surface area (Å²) in [7, 11) is 0. The minimum atomic E-state index is 0.311. The summed E-state index contributed by atoms with van der Waals surface area (Å²) in [5.74, 6) is 1.12. The Balaban J connectivity index is 2.36. The fraction of sp³-hybridized carbons (Fsp3) is 0.900. The van der Waals surface area contributed by atoms with Crippen LogP contribution in [0.2, 0.25) is 0 Å². The van der Waals surface area contributed by atoms with Crippen LogP contribution in [0.4, 0.5) is 0 Å². The van der Waals surface area contributed by atoms with Crippen molar-refractivity contribution in [3.05, 3.63) is 0 Å². The van der Waals surface area contributed by atoms with E-state index in [0.29, 0.717) is 18.3 Å². The molecule has 0 saturated carbocycles. The second kappa shape index (κ2) is 4.61. The molecular weight excluding hydrogens is 162 g/mol. The molecule has 1 saturated heterocycles. The van der Waals surface area contributed by atoms with E-state index in [9.17, 15) is 0 Å². The number of hydrogen-bond acceptors (Lipinski definition) is 2. The molecule has 3 N–H and O–H groups in total. The summed E-state index contributed by atoms with van der Waals surface area (Å²) in [5.41, 5.74) is 5.39. The van der Waals surface area contributed by atoms with Crippen molar-refractivity contribution in [2.75, 3.05) is 13.1 Å². The Hall–Kier alpha value is -0.570. The first-order chi connectivity index (χ1) is 6.09. The molecule has 3 nitrogen and oxygen atoms in total. The number of amidine groups is 1. The van der Waals surface area contributed by atoms with E-state index in [1.54, 1.807) is 0 Å². The molecule has 1 aliphatic rings. The predicted molar refractivity (Wildman–Crippen MR) is 56.0 cm³/mol. The summed E-state index contributed by atoms with van der Waals surface area (Å²) < 4.78 is 0. The van der Waals surface area contributed by atoms with Crippen LogP contribution in [0.1, 0.15) is 33.1 Å². The monoisotopic (exact) mass is 183 g/mol. The third-order valence-electron chi connectivity index (χ3n) is 2.83. The first-order valence-electron chi connectivity index (χ1n) is 5.16. The molecule has 0 aromatic carbocycles. The van der Waals surface area contributed by atoms with Gasteiger partial charge < -0.3 is 5.73 Å². The van der Waals surface area contributed by atoms with Crippen molar-refractivity contribution < 1.29 is 0 Å². The highest BCUT2D eigenvalue weighted by Gasteiger charge is 2.20. The van der Waals surface area contributed by atoms with Crippen LogP contribution in [0, 0.1) is 11.3 Å². The van der Waals surface area contributed by atoms with E-state index in [0.717, 1.165) is 5.92 Å². The Morgan fingerprint density at radius 1 is 1.69 bits per heavy atom. The molecule has 76 valence electrons. The molecule has 0 aromatic rings. The highest BCUT2D eigenvalue weighted by atomic mass is 15.2. The fourth-order valence-electron chi connectivity index (χ4n) is 2.07. The zero-order valence-corrected chi connectivity index (χ0v) is 8.71. The summed E-state index contributed by atoms with van der Waals surface area (Å²) >= 11 is 0. The number of hydrogen-bond donors (Lipinski definition) is 2. The van der Waals surface area contributed by atoms with E-state index in [4.69, 9.17) is 11.1 Å². The molecule has 13 heavy (non-hydrogen) atoms. The van der Waals surface area contributed by atoms with Crippen molar-refractivity contribution in [2.45, 2.75) is 39.2 Å². The van der Waals surface area contributed by atoms with Gasteiger partial charge in [-0.2, -0.15) is 0 Å². The Morgan fingerprint density at radius 3 is 2.92 bits per heavy atom. The van der Waals surface area contributed by atoms with Crippen molar-refractivity contribution in [1.82, 2.24) is 4.90 Å². The number of piperidine rings is 1. The average molecular weight is 183 g/mol. The SMILES string of the molecule is CC1CCCN(C(C)CC(=N)N)C1. The van der Waals surface area contributed by atoms with E-state index in [-0.39, 0.29) is 0 Å². The minimum Gasteiger partial charge on any atom is -0.388 e. The summed E-state index contributed by atoms with van der Waals surface area (Å²) in [6.07, 6.45) is 3.36. The van der Waals surface area contributed by atoms with Crippen molar-refractivity contribution in [3.8, 4) is 0 Å². The van der Waals surface area contributed by atoms with Crippen molar-refractivity contribution in [1.29, 1.82) is 5.41 Å². The molecule has 2 unspecified atom stereocenters. The summed E-state index contributed by atoms with van der Waals surface area (Å²) in [4.78, 5) is 2.45. The molecule has 0 radical (unpaired) electrons. The molecule has 1 heterocycles. The van der Waals surface area contributed by atoms with E-state index in [1.807, 2.05) is 0 Å². The molecule has 0 aliphatic carbocycles. The molecule has 0 amide bonds. The van der Waals surface area contributed by atoms with Crippen LogP contribution in [0.3, 0.4) is 0 Å². The van der Waals surface area contributed by atoms with E-state index < -0.39 is 0 Å². The van der Waals surface area contributed by atoms with Crippen LogP contribution in [-0.4, -0.2) is 29.9 Å². The van der Waals surface area contributed by atoms with Crippen LogP contribution in [0.5, 0.6) is 0 Å². The number of likely N-dealkylation sites (tertiary alicyclic amines) is 1. The topological polar surface area (TPSA) is 53.1 Å². The lowest BCUT2D eigenvalue weighted by Crippen LogP contribution is -2.42. The first kappa shape index (κ1) is 10.5. The predicted octanol–water partition coefficient (Wildman–Crippen LogP) is 1.43. The summed E-state index contributed by atoms with van der Waals surface area (Å²) in [6, 6.07) is 0.445. The van der Waals surface area contributed by atoms with Crippen LogP contribution >= 0.6 is 0 Å². The third kappa shape index (κ3) is 3.35. The van der Waals surface area contributed by atoms with Crippen LogP contribution in [0.15, 0.2) is 0 Å². The normalized spacial score (nSPS) is 27.1. The molecule has 1 fully saturated rings. The zero-order valence-electron chi connectivity index (χ0n) is 8.71. The number of nitrogens with zero attached hydrogens (tertiary/aromatic N) is 1. The Bertz CT molecular complexity index is 179. The van der Waals surface area contributed by atoms with Gasteiger partial charge in [-0.1, -0.05) is 6.92 Å². The molecule has 3 heteroatoms. The molecule has 1 rings (SSSR count). The van der Waals surface area contributed by atoms with Gasteiger partial charge in [-0.3, -0.25) is 10.3 Å². The first-order valence-corrected chi connectivity index (χ1v) is 5.16. The zero-order chi connectivity index (χ0) is 9.84. The van der Waals surface area contributed by atoms with Crippen molar-refractivity contribution in [2.24, 2.45) is 11.7 Å². The molecular formula is C10H21N3. The van der Waals surface area contributed by atoms with Gasteiger partial charge in [0, 0.05) is 19.0 Å². The third-order valence-corrected chi connectivity index (χ3v) is 2.83. The highest BCUT2D eigenvalue weighted by molar-refractivity contribution is 5.77. The second-order valence-corrected chi connectivity index (χ2v) is 4.32. The maximum Gasteiger partial charge on any atom is 0.0920 e. The van der Waals surface area contributed by atoms with Crippen molar-refractivity contribution >= 4 is 5.84 Å². The summed E-state index contributed by atoms with van der Waals surface area (Å²) in [6.45, 7) is 6.82. The van der Waals surface area contributed by atoms with Gasteiger partial charge in [0.1, 0.15) is 0 Å². The Morgan fingerprint density at radius 2 is 2.38 bits per heavy atom. The molecule has 1 aliphatic heterocycles. The average Bonchev–Trinajstić information content (AvgIpc) is 2.03. The lowest BCUT2D eigenvalue weighted by atomic mass is 9.98. The van der Waals surface area contributed by atoms with Gasteiger partial charge in [0.05, 0.1) is 5.84 Å². The number of nitrogens with two attached hydrogens (primary N) is 1. The fourth-order valence-corrected chi connectivity index (χ4v) is 2.07. The highest BCUT2D eigenvalue weighted by Crippen LogP contribution is 2.18. The lowest BCUT2D eigenvalue weighted by molar-refractivity contribution is 0.141. The lowest BCUT2D eigenvalue weighted by Gasteiger charge is -2.35. The largest absolute Gasteiger partial charge is 0.388 e. The van der Waals surface area contributed by atoms with E-state index >= 15 is 0 Å². The minimum absolute atomic E-state index is 0.311. The van der Waals surface area contributed by atoms with Gasteiger partial charge in [-0.15, -0.1) is 0 Å². The standard InChI is InChI=1S/C10H21N3/c1-8-4-3-5-13(7-8)9(2)6-10(11)12/h8-9H,3-7H2,1-2H3,(H3,11,12). The molecule has 0 spiro atoms. The van der Waals surface area contributed by atoms with Crippen LogP contribution in [0.25, 0.3) is 0 Å². The second-order valence-electron chi connectivity index (χ2n) is 4.32. The summed E-state index contributed by atoms with van der Waals surface area (Å²) in [5, 5.41) is 7.24. The Kier molecular flexibility index (Phi) is 3.72. The number of rotatable bonds is 3. The molecule has 2 atom stereocenters. The van der Waals surface area contributed by atoms with E-state index in [2.05, 4.69) is 18.7 Å². The van der Waals surface area contributed by atoms with Gasteiger partial charge in [0.15, 0.2) is 0 Å². The number of nitrogens with one attached hydrogen (secondary N) is 1. The van der Waals surface area contributed by atoms with Gasteiger partial charge in [0.2, 0.25) is 0 Å². The Labute approximate surface area is 80.8 Å². The van der Waals surface area contributed by atoms with Gasteiger partial charge in [-0.05, 0) is 32.2 Å². The van der Waals surface area contributed by atoms with Crippen LogP contribution in [-0.2, 0) is 0 Å². The quantitative estimate of drug-likeness (QED) is 0.514. The van der Waals surface area contributed by atoms with Crippen molar-refractivity contribution in [3.63, 3.8) is 0 Å². The maximum absolute atomic E-state index is 7.24. The molecule has 0 bridgehead atoms.